The topological polar surface area (TPSA) is 20.1 Å². The Labute approximate surface area is 333 Å². The quantitative estimate of drug-likeness (QED) is 0.0561. The van der Waals surface area contributed by atoms with E-state index in [0.717, 1.165) is 22.4 Å². The SMILES string of the molecule is Cc1ccc(C2=[N+](C)C(=O)c3ccccc32)cc1.Fc1cc(F)c([B-](c2c(F)c(F)c(F)c(F)c2F)(c2c(F)c(F)c(F)c(F)c2F)c2c(F)c(F)c(F)c(F)c2F)c(F)c1F. The van der Waals surface area contributed by atoms with Crippen molar-refractivity contribution in [1.82, 2.24) is 0 Å². The van der Waals surface area contributed by atoms with Crippen LogP contribution in [0.2, 0.25) is 0 Å². The number of rotatable bonds is 5. The molecule has 322 valence electrons. The number of amides is 1. The van der Waals surface area contributed by atoms with Crippen LogP contribution in [0.1, 0.15) is 27.0 Å². The molecule has 62 heavy (non-hydrogen) atoms. The molecule has 0 bridgehead atoms. The lowest BCUT2D eigenvalue weighted by atomic mass is 9.12. The Morgan fingerprint density at radius 3 is 1.08 bits per heavy atom. The monoisotopic (exact) mass is 897 g/mol. The number of hydrogen-bond acceptors (Lipinski definition) is 1. The van der Waals surface area contributed by atoms with Crippen LogP contribution in [0.5, 0.6) is 0 Å². The van der Waals surface area contributed by atoms with Gasteiger partial charge in [0, 0.05) is 11.6 Å². The van der Waals surface area contributed by atoms with Gasteiger partial charge in [-0.25, -0.2) is 88.2 Å². The van der Waals surface area contributed by atoms with Crippen LogP contribution in [0.15, 0.2) is 54.6 Å². The summed E-state index contributed by atoms with van der Waals surface area (Å²) in [6.45, 7) is 2.06. The van der Waals surface area contributed by atoms with Gasteiger partial charge in [-0.1, -0.05) is 29.8 Å². The standard InChI is InChI=1S/C24HBF19.C16H14NO/c26-2-1-3(27)8(28)9(29)4(2)25(5-10(30)16(36)22(42)17(37)11(5)31,6-12(32)18(38)23(43)19(39)13(6)33)7-14(34)20(40)24(44)21(41)15(7)35;1-11-7-9-12(10-8-11)15-13-5-3-4-6-14(13)16(18)17(15)2/h1H;3-10H,1-2H3/q-1;+1. The van der Waals surface area contributed by atoms with Crippen LogP contribution in [0.25, 0.3) is 0 Å². The Morgan fingerprint density at radius 2 is 0.710 bits per heavy atom. The van der Waals surface area contributed by atoms with Gasteiger partial charge >= 0.3 is 5.91 Å². The summed E-state index contributed by atoms with van der Waals surface area (Å²) in [6.07, 6.45) is -6.96. The minimum Gasteiger partial charge on any atom is -0.214 e. The van der Waals surface area contributed by atoms with Crippen molar-refractivity contribution in [2.45, 2.75) is 6.92 Å². The number of hydrogen-bond donors (Lipinski definition) is 0. The minimum absolute atomic E-state index is 0.0705. The molecule has 2 nitrogen and oxygen atoms in total. The molecule has 0 saturated heterocycles. The van der Waals surface area contributed by atoms with Crippen LogP contribution >= 0.6 is 0 Å². The van der Waals surface area contributed by atoms with E-state index < -0.39 is 145 Å². The van der Waals surface area contributed by atoms with E-state index in [0.29, 0.717) is 0 Å². The molecule has 6 aromatic carbocycles. The fourth-order valence-corrected chi connectivity index (χ4v) is 7.25. The Morgan fingerprint density at radius 1 is 0.387 bits per heavy atom. The first-order valence-corrected chi connectivity index (χ1v) is 16.8. The third-order valence-corrected chi connectivity index (χ3v) is 9.99. The Hall–Kier alpha value is -6.61. The largest absolute Gasteiger partial charge is 0.420 e. The van der Waals surface area contributed by atoms with Gasteiger partial charge in [-0.2, -0.15) is 4.58 Å². The molecule has 0 fully saturated rings. The van der Waals surface area contributed by atoms with E-state index in [9.17, 15) is 53.1 Å². The van der Waals surface area contributed by atoms with Crippen molar-refractivity contribution in [3.63, 3.8) is 0 Å². The maximum absolute atomic E-state index is 15.4. The average molecular weight is 897 g/mol. The molecular formula is C40H15BF19NO. The zero-order valence-electron chi connectivity index (χ0n) is 30.3. The highest BCUT2D eigenvalue weighted by Gasteiger charge is 2.51. The number of fused-ring (bicyclic) bond motifs is 1. The molecule has 0 aromatic heterocycles. The van der Waals surface area contributed by atoms with E-state index in [2.05, 4.69) is 31.2 Å². The average Bonchev–Trinajstić information content (AvgIpc) is 3.50. The van der Waals surface area contributed by atoms with Crippen LogP contribution in [-0.4, -0.2) is 29.4 Å². The molecule has 0 radical (unpaired) electrons. The minimum atomic E-state index is -6.96. The second-order valence-corrected chi connectivity index (χ2v) is 13.3. The molecular weight excluding hydrogens is 882 g/mol. The van der Waals surface area contributed by atoms with E-state index >= 15 is 35.1 Å². The summed E-state index contributed by atoms with van der Waals surface area (Å²) in [5.74, 6) is -64.5. The molecule has 1 heterocycles. The summed E-state index contributed by atoms with van der Waals surface area (Å²) >= 11 is 0. The first kappa shape index (κ1) is 44.9. The summed E-state index contributed by atoms with van der Waals surface area (Å²) < 4.78 is 281. The van der Waals surface area contributed by atoms with E-state index in [1.165, 1.54) is 5.56 Å². The third-order valence-electron chi connectivity index (χ3n) is 9.99. The number of carbonyl (C=O) groups excluding carboxylic acids is 1. The van der Waals surface area contributed by atoms with Crippen LogP contribution in [0.4, 0.5) is 83.4 Å². The predicted octanol–water partition coefficient (Wildman–Crippen LogP) is 8.34. The number of carbonyl (C=O) groups is 1. The number of aryl methyl sites for hydroxylation is 1. The van der Waals surface area contributed by atoms with Gasteiger partial charge in [0.1, 0.15) is 59.5 Å². The second-order valence-electron chi connectivity index (χ2n) is 13.3. The van der Waals surface area contributed by atoms with Gasteiger partial charge in [0.05, 0.1) is 11.4 Å². The molecule has 0 aliphatic carbocycles. The highest BCUT2D eigenvalue weighted by molar-refractivity contribution is 7.20. The van der Waals surface area contributed by atoms with Gasteiger partial charge in [-0.3, -0.25) is 0 Å². The zero-order valence-corrected chi connectivity index (χ0v) is 30.3. The van der Waals surface area contributed by atoms with Crippen molar-refractivity contribution in [3.05, 3.63) is 187 Å². The molecule has 0 atom stereocenters. The summed E-state index contributed by atoms with van der Waals surface area (Å²) in [6, 6.07) is 15.0. The molecule has 0 N–H and O–H groups in total. The Kier molecular flexibility index (Phi) is 11.6. The summed E-state index contributed by atoms with van der Waals surface area (Å²) in [7, 11) is 1.83. The van der Waals surface area contributed by atoms with Gasteiger partial charge < -0.3 is 0 Å². The maximum Gasteiger partial charge on any atom is 0.420 e. The number of nitrogens with zero attached hydrogens (tertiary/aromatic N) is 1. The highest BCUT2D eigenvalue weighted by Crippen LogP contribution is 2.30. The molecule has 1 aliphatic heterocycles. The van der Waals surface area contributed by atoms with Crippen LogP contribution in [0.3, 0.4) is 0 Å². The lowest BCUT2D eigenvalue weighted by Gasteiger charge is -2.44. The lowest BCUT2D eigenvalue weighted by molar-refractivity contribution is -0.389. The van der Waals surface area contributed by atoms with Crippen molar-refractivity contribution in [1.29, 1.82) is 0 Å². The van der Waals surface area contributed by atoms with Crippen LogP contribution in [0, 0.1) is 117 Å². The molecule has 1 amide bonds. The van der Waals surface area contributed by atoms with Crippen LogP contribution in [-0.2, 0) is 0 Å². The fraction of sp³-hybridized carbons (Fsp3) is 0.0500. The van der Waals surface area contributed by atoms with Gasteiger partial charge in [-0.05, 0) is 31.2 Å². The third kappa shape index (κ3) is 6.48. The summed E-state index contributed by atoms with van der Waals surface area (Å²) in [5, 5.41) is 0. The van der Waals surface area contributed by atoms with Crippen molar-refractivity contribution >= 4 is 39.6 Å². The number of benzene rings is 6. The van der Waals surface area contributed by atoms with Crippen molar-refractivity contribution < 1.29 is 92.8 Å². The summed E-state index contributed by atoms with van der Waals surface area (Å²) in [4.78, 5) is 12.2. The maximum atomic E-state index is 15.4. The number of halogens is 19. The second kappa shape index (κ2) is 16.0. The van der Waals surface area contributed by atoms with E-state index in [-0.39, 0.29) is 5.91 Å². The van der Waals surface area contributed by atoms with Gasteiger partial charge in [0.15, 0.2) is 64.0 Å². The van der Waals surface area contributed by atoms with E-state index in [4.69, 9.17) is 0 Å². The first-order valence-electron chi connectivity index (χ1n) is 16.8. The molecule has 0 spiro atoms. The van der Waals surface area contributed by atoms with E-state index in [1.807, 2.05) is 31.3 Å². The Bertz CT molecular complexity index is 2700. The van der Waals surface area contributed by atoms with Gasteiger partial charge in [0.2, 0.25) is 5.71 Å². The zero-order chi connectivity index (χ0) is 46.2. The lowest BCUT2D eigenvalue weighted by Crippen LogP contribution is -2.81. The smallest absolute Gasteiger partial charge is 0.214 e. The normalized spacial score (nSPS) is 12.6. The molecule has 0 unspecified atom stereocenters. The van der Waals surface area contributed by atoms with Crippen LogP contribution < -0.4 is 21.9 Å². The molecule has 7 rings (SSSR count). The van der Waals surface area contributed by atoms with Gasteiger partial charge in [-0.15, -0.1) is 21.9 Å². The van der Waals surface area contributed by atoms with Crippen molar-refractivity contribution in [2.75, 3.05) is 7.05 Å². The molecule has 0 saturated carbocycles. The predicted molar refractivity (Wildman–Crippen MR) is 181 cm³/mol. The fourth-order valence-electron chi connectivity index (χ4n) is 7.25. The first-order chi connectivity index (χ1) is 29.0. The van der Waals surface area contributed by atoms with Crippen molar-refractivity contribution in [3.8, 4) is 0 Å². The summed E-state index contributed by atoms with van der Waals surface area (Å²) in [5.41, 5.74) is -8.37. The van der Waals surface area contributed by atoms with E-state index in [1.54, 1.807) is 4.58 Å². The van der Waals surface area contributed by atoms with Crippen molar-refractivity contribution in [2.24, 2.45) is 0 Å². The molecule has 6 aromatic rings. The highest BCUT2D eigenvalue weighted by atomic mass is 19.2. The Balaban J connectivity index is 0.000000293. The van der Waals surface area contributed by atoms with Gasteiger partial charge in [0.25, 0.3) is 0 Å². The molecule has 22 heteroatoms. The molecule has 1 aliphatic rings.